The molecule has 1 aliphatic rings. The highest BCUT2D eigenvalue weighted by Gasteiger charge is 2.19. The van der Waals surface area contributed by atoms with Crippen LogP contribution < -0.4 is 0 Å². The molecule has 1 aromatic carbocycles. The zero-order valence-corrected chi connectivity index (χ0v) is 10.9. The molecule has 2 nitrogen and oxygen atoms in total. The quantitative estimate of drug-likeness (QED) is 0.867. The zero-order valence-electron chi connectivity index (χ0n) is 10.9. The lowest BCUT2D eigenvalue weighted by atomic mass is 9.97. The van der Waals surface area contributed by atoms with Crippen LogP contribution in [0.2, 0.25) is 0 Å². The van der Waals surface area contributed by atoms with Crippen LogP contribution in [0.1, 0.15) is 29.5 Å². The second kappa shape index (κ2) is 5.65. The van der Waals surface area contributed by atoms with Gasteiger partial charge in [-0.25, -0.2) is 0 Å². The Morgan fingerprint density at radius 2 is 2.18 bits per heavy atom. The first-order valence-electron chi connectivity index (χ1n) is 6.58. The summed E-state index contributed by atoms with van der Waals surface area (Å²) in [5, 5.41) is 9.25. The predicted molar refractivity (Wildman–Crippen MR) is 71.0 cm³/mol. The first kappa shape index (κ1) is 12.6. The number of hydrogen-bond acceptors (Lipinski definition) is 2. The van der Waals surface area contributed by atoms with E-state index >= 15 is 0 Å². The van der Waals surface area contributed by atoms with E-state index in [1.807, 2.05) is 0 Å². The number of benzene rings is 1. The van der Waals surface area contributed by atoms with Crippen molar-refractivity contribution >= 4 is 0 Å². The van der Waals surface area contributed by atoms with Gasteiger partial charge in [0.1, 0.15) is 0 Å². The predicted octanol–water partition coefficient (Wildman–Crippen LogP) is 2.51. The van der Waals surface area contributed by atoms with Crippen LogP contribution in [-0.4, -0.2) is 29.7 Å². The molecule has 0 aromatic heterocycles. The molecule has 1 N–H and O–H groups in total. The van der Waals surface area contributed by atoms with Gasteiger partial charge < -0.3 is 5.11 Å². The van der Waals surface area contributed by atoms with Crippen LogP contribution in [0.25, 0.3) is 0 Å². The molecule has 0 saturated carbocycles. The Hall–Kier alpha value is -0.860. The molecule has 2 heteroatoms. The molecule has 17 heavy (non-hydrogen) atoms. The van der Waals surface area contributed by atoms with Gasteiger partial charge >= 0.3 is 0 Å². The van der Waals surface area contributed by atoms with E-state index < -0.39 is 0 Å². The second-order valence-corrected chi connectivity index (χ2v) is 5.36. The minimum absolute atomic E-state index is 0.337. The van der Waals surface area contributed by atoms with E-state index in [0.29, 0.717) is 12.5 Å². The van der Waals surface area contributed by atoms with Crippen LogP contribution in [0.5, 0.6) is 0 Å². The molecule has 1 aromatic rings. The maximum atomic E-state index is 9.25. The third-order valence-electron chi connectivity index (χ3n) is 3.76. The molecule has 1 fully saturated rings. The lowest BCUT2D eigenvalue weighted by molar-refractivity contribution is 0.116. The first-order chi connectivity index (χ1) is 8.19. The molecule has 0 amide bonds. The largest absolute Gasteiger partial charge is 0.396 e. The summed E-state index contributed by atoms with van der Waals surface area (Å²) in [6.07, 6.45) is 2.40. The zero-order chi connectivity index (χ0) is 12.3. The number of likely N-dealkylation sites (tertiary alicyclic amines) is 1. The van der Waals surface area contributed by atoms with Crippen LogP contribution in [0, 0.1) is 19.8 Å². The molecule has 1 atom stereocenters. The van der Waals surface area contributed by atoms with Gasteiger partial charge in [0, 0.05) is 19.7 Å². The lowest BCUT2D eigenvalue weighted by Gasteiger charge is -2.32. The monoisotopic (exact) mass is 233 g/mol. The van der Waals surface area contributed by atoms with Gasteiger partial charge in [-0.1, -0.05) is 23.8 Å². The molecule has 2 rings (SSSR count). The summed E-state index contributed by atoms with van der Waals surface area (Å²) in [6, 6.07) is 6.67. The minimum Gasteiger partial charge on any atom is -0.396 e. The van der Waals surface area contributed by atoms with E-state index in [-0.39, 0.29) is 0 Å². The van der Waals surface area contributed by atoms with E-state index in [1.54, 1.807) is 0 Å². The average Bonchev–Trinajstić information content (AvgIpc) is 2.34. The van der Waals surface area contributed by atoms with E-state index in [4.69, 9.17) is 0 Å². The van der Waals surface area contributed by atoms with Crippen molar-refractivity contribution in [3.63, 3.8) is 0 Å². The van der Waals surface area contributed by atoms with Crippen molar-refractivity contribution in [3.8, 4) is 0 Å². The van der Waals surface area contributed by atoms with E-state index in [0.717, 1.165) is 13.1 Å². The summed E-state index contributed by atoms with van der Waals surface area (Å²) in [6.45, 7) is 7.92. The summed E-state index contributed by atoms with van der Waals surface area (Å²) < 4.78 is 0. The molecule has 1 saturated heterocycles. The van der Waals surface area contributed by atoms with Crippen molar-refractivity contribution in [2.45, 2.75) is 33.2 Å². The number of piperidine rings is 1. The molecule has 1 heterocycles. The number of nitrogens with zero attached hydrogens (tertiary/aromatic N) is 1. The van der Waals surface area contributed by atoms with E-state index in [1.165, 1.54) is 36.1 Å². The Balaban J connectivity index is 2.02. The summed E-state index contributed by atoms with van der Waals surface area (Å²) in [7, 11) is 0. The Labute approximate surface area is 104 Å². The van der Waals surface area contributed by atoms with Crippen LogP contribution in [-0.2, 0) is 6.54 Å². The van der Waals surface area contributed by atoms with Crippen molar-refractivity contribution in [2.24, 2.45) is 5.92 Å². The Morgan fingerprint density at radius 1 is 1.35 bits per heavy atom. The molecule has 0 bridgehead atoms. The smallest absolute Gasteiger partial charge is 0.0471 e. The molecule has 0 radical (unpaired) electrons. The molecule has 94 valence electrons. The number of hydrogen-bond donors (Lipinski definition) is 1. The number of rotatable bonds is 3. The fourth-order valence-electron chi connectivity index (χ4n) is 2.66. The summed E-state index contributed by atoms with van der Waals surface area (Å²) in [5.74, 6) is 0.480. The highest BCUT2D eigenvalue weighted by Crippen LogP contribution is 2.20. The number of aliphatic hydroxyl groups is 1. The Bertz CT molecular complexity index is 375. The molecule has 0 aliphatic carbocycles. The van der Waals surface area contributed by atoms with Crippen LogP contribution in [0.4, 0.5) is 0 Å². The molecular formula is C15H23NO. The van der Waals surface area contributed by atoms with Crippen LogP contribution in [0.15, 0.2) is 18.2 Å². The SMILES string of the molecule is Cc1ccc(C)c(CN2CCC[C@H](CO)C2)c1. The van der Waals surface area contributed by atoms with Gasteiger partial charge in [-0.2, -0.15) is 0 Å². The van der Waals surface area contributed by atoms with Gasteiger partial charge in [-0.05, 0) is 50.3 Å². The summed E-state index contributed by atoms with van der Waals surface area (Å²) in [5.41, 5.74) is 4.15. The number of aryl methyl sites for hydroxylation is 2. The maximum absolute atomic E-state index is 9.25. The Kier molecular flexibility index (Phi) is 4.19. The van der Waals surface area contributed by atoms with Crippen molar-refractivity contribution in [1.82, 2.24) is 4.90 Å². The van der Waals surface area contributed by atoms with E-state index in [2.05, 4.69) is 36.9 Å². The molecule has 0 spiro atoms. The fraction of sp³-hybridized carbons (Fsp3) is 0.600. The van der Waals surface area contributed by atoms with Gasteiger partial charge in [0.15, 0.2) is 0 Å². The standard InChI is InChI=1S/C15H23NO/c1-12-5-6-13(2)15(8-12)10-16-7-3-4-14(9-16)11-17/h5-6,8,14,17H,3-4,7,9-11H2,1-2H3/t14-/m0/s1. The van der Waals surface area contributed by atoms with Crippen LogP contribution in [0.3, 0.4) is 0 Å². The Morgan fingerprint density at radius 3 is 2.94 bits per heavy atom. The minimum atomic E-state index is 0.337. The van der Waals surface area contributed by atoms with Gasteiger partial charge in [0.2, 0.25) is 0 Å². The fourth-order valence-corrected chi connectivity index (χ4v) is 2.66. The number of aliphatic hydroxyl groups excluding tert-OH is 1. The maximum Gasteiger partial charge on any atom is 0.0471 e. The van der Waals surface area contributed by atoms with Gasteiger partial charge in [0.25, 0.3) is 0 Å². The highest BCUT2D eigenvalue weighted by molar-refractivity contribution is 5.30. The average molecular weight is 233 g/mol. The van der Waals surface area contributed by atoms with Gasteiger partial charge in [-0.3, -0.25) is 4.90 Å². The molecular weight excluding hydrogens is 210 g/mol. The third-order valence-corrected chi connectivity index (χ3v) is 3.76. The molecule has 1 aliphatic heterocycles. The van der Waals surface area contributed by atoms with Crippen LogP contribution >= 0.6 is 0 Å². The normalized spacial score (nSPS) is 21.7. The van der Waals surface area contributed by atoms with Crippen molar-refractivity contribution in [2.75, 3.05) is 19.7 Å². The summed E-state index contributed by atoms with van der Waals surface area (Å²) >= 11 is 0. The van der Waals surface area contributed by atoms with E-state index in [9.17, 15) is 5.11 Å². The van der Waals surface area contributed by atoms with Crippen molar-refractivity contribution in [3.05, 3.63) is 34.9 Å². The first-order valence-corrected chi connectivity index (χ1v) is 6.58. The summed E-state index contributed by atoms with van der Waals surface area (Å²) in [4.78, 5) is 2.48. The highest BCUT2D eigenvalue weighted by atomic mass is 16.3. The van der Waals surface area contributed by atoms with Crippen molar-refractivity contribution < 1.29 is 5.11 Å². The molecule has 0 unspecified atom stereocenters. The topological polar surface area (TPSA) is 23.5 Å². The van der Waals surface area contributed by atoms with Gasteiger partial charge in [0.05, 0.1) is 0 Å². The van der Waals surface area contributed by atoms with Crippen molar-refractivity contribution in [1.29, 1.82) is 0 Å². The third kappa shape index (κ3) is 3.30. The van der Waals surface area contributed by atoms with Gasteiger partial charge in [-0.15, -0.1) is 0 Å². The second-order valence-electron chi connectivity index (χ2n) is 5.36. The lowest BCUT2D eigenvalue weighted by Crippen LogP contribution is -2.36.